The summed E-state index contributed by atoms with van der Waals surface area (Å²) in [4.78, 5) is 24.3. The molecule has 10 heteroatoms. The van der Waals surface area contributed by atoms with Gasteiger partial charge in [0, 0.05) is 31.6 Å². The van der Waals surface area contributed by atoms with Crippen molar-refractivity contribution in [2.24, 2.45) is 0 Å². The first-order chi connectivity index (χ1) is 17.8. The summed E-state index contributed by atoms with van der Waals surface area (Å²) in [5, 5.41) is 5.57. The number of hydrogen-bond donors (Lipinski definition) is 2. The number of nitrogens with one attached hydrogen (secondary N) is 2. The number of nitrogens with zero attached hydrogens (tertiary/aromatic N) is 1. The molecule has 200 valence electrons. The van der Waals surface area contributed by atoms with Gasteiger partial charge in [-0.3, -0.25) is 9.59 Å². The Kier molecular flexibility index (Phi) is 11.5. The second-order valence-electron chi connectivity index (χ2n) is 9.01. The van der Waals surface area contributed by atoms with E-state index in [9.17, 15) is 18.0 Å². The third kappa shape index (κ3) is 9.87. The van der Waals surface area contributed by atoms with Crippen molar-refractivity contribution >= 4 is 44.9 Å². The van der Waals surface area contributed by atoms with E-state index in [-0.39, 0.29) is 34.7 Å². The first-order valence-corrected chi connectivity index (χ1v) is 14.6. The molecule has 0 radical (unpaired) electrons. The second-order valence-corrected chi connectivity index (χ2v) is 11.4. The molecule has 1 fully saturated rings. The Morgan fingerprint density at radius 3 is 2.24 bits per heavy atom. The second kappa shape index (κ2) is 14.8. The molecule has 0 bridgehead atoms. The van der Waals surface area contributed by atoms with E-state index in [1.807, 2.05) is 30.3 Å². The molecule has 1 aliphatic heterocycles. The third-order valence-corrected chi connectivity index (χ3v) is 8.19. The maximum absolute atomic E-state index is 12.9. The summed E-state index contributed by atoms with van der Waals surface area (Å²) in [5.74, 6) is -0.633. The van der Waals surface area contributed by atoms with Crippen LogP contribution in [0.2, 0.25) is 0 Å². The molecule has 8 nitrogen and oxygen atoms in total. The molecule has 0 atom stereocenters. The number of benzene rings is 2. The van der Waals surface area contributed by atoms with E-state index >= 15 is 0 Å². The molecular weight excluding hydrogens is 510 g/mol. The van der Waals surface area contributed by atoms with Crippen LogP contribution in [0.25, 0.3) is 0 Å². The van der Waals surface area contributed by atoms with E-state index in [2.05, 4.69) is 10.6 Å². The average molecular weight is 546 g/mol. The summed E-state index contributed by atoms with van der Waals surface area (Å²) in [6.45, 7) is 1.45. The molecule has 0 saturated carbocycles. The van der Waals surface area contributed by atoms with Gasteiger partial charge < -0.3 is 15.4 Å². The normalized spacial score (nSPS) is 14.4. The number of sulfonamides is 1. The molecule has 0 unspecified atom stereocenters. The number of esters is 1. The standard InChI is InChI=1S/C27H35N3O5S2/c31-25(13-8-14-26(32)35-21-9-12-22-10-4-3-5-11-22)29-27(36)28-23-15-17-24(18-16-23)37(33,34)30-19-6-1-2-7-20-30/h3-5,10-11,15-18H,1-2,6-9,12-14,19-21H2,(H2,28,29,31,36). The number of amides is 1. The number of carbonyl (C=O) groups excluding carboxylic acids is 2. The summed E-state index contributed by atoms with van der Waals surface area (Å²) in [6.07, 6.45) is 6.11. The Labute approximate surface area is 224 Å². The van der Waals surface area contributed by atoms with Crippen LogP contribution in [-0.2, 0) is 30.8 Å². The molecule has 0 aliphatic carbocycles. The number of ether oxygens (including phenoxy) is 1. The average Bonchev–Trinajstić information content (AvgIpc) is 3.18. The molecule has 1 aliphatic rings. The number of thiocarbonyl (C=S) groups is 1. The van der Waals surface area contributed by atoms with Gasteiger partial charge in [0.2, 0.25) is 15.9 Å². The number of aryl methyl sites for hydroxylation is 1. The van der Waals surface area contributed by atoms with E-state index in [1.165, 1.54) is 5.56 Å². The maximum atomic E-state index is 12.9. The zero-order valence-corrected chi connectivity index (χ0v) is 22.6. The Morgan fingerprint density at radius 1 is 0.892 bits per heavy atom. The van der Waals surface area contributed by atoms with E-state index < -0.39 is 10.0 Å². The maximum Gasteiger partial charge on any atom is 0.305 e. The van der Waals surface area contributed by atoms with Gasteiger partial charge in [-0.2, -0.15) is 4.31 Å². The van der Waals surface area contributed by atoms with Crippen molar-refractivity contribution in [1.29, 1.82) is 0 Å². The van der Waals surface area contributed by atoms with E-state index in [4.69, 9.17) is 17.0 Å². The number of rotatable bonds is 11. The van der Waals surface area contributed by atoms with Gasteiger partial charge in [0.05, 0.1) is 11.5 Å². The first-order valence-electron chi connectivity index (χ1n) is 12.8. The van der Waals surface area contributed by atoms with Crippen LogP contribution in [0.3, 0.4) is 0 Å². The van der Waals surface area contributed by atoms with Crippen molar-refractivity contribution in [2.45, 2.75) is 62.7 Å². The first kappa shape index (κ1) is 28.7. The SMILES string of the molecule is O=C(CCCC(=O)OCCCc1ccccc1)NC(=S)Nc1ccc(S(=O)(=O)N2CCCCCC2)cc1. The monoisotopic (exact) mass is 545 g/mol. The van der Waals surface area contributed by atoms with Gasteiger partial charge in [0.15, 0.2) is 5.11 Å². The lowest BCUT2D eigenvalue weighted by molar-refractivity contribution is -0.143. The van der Waals surface area contributed by atoms with Crippen LogP contribution in [0.5, 0.6) is 0 Å². The smallest absolute Gasteiger partial charge is 0.305 e. The van der Waals surface area contributed by atoms with Crippen molar-refractivity contribution in [2.75, 3.05) is 25.0 Å². The van der Waals surface area contributed by atoms with Crippen molar-refractivity contribution in [3.05, 3.63) is 60.2 Å². The van der Waals surface area contributed by atoms with Crippen LogP contribution in [-0.4, -0.2) is 49.4 Å². The fourth-order valence-electron chi connectivity index (χ4n) is 4.07. The molecule has 2 aromatic rings. The minimum absolute atomic E-state index is 0.108. The quantitative estimate of drug-likeness (QED) is 0.245. The molecule has 1 heterocycles. The molecule has 2 aromatic carbocycles. The fourth-order valence-corrected chi connectivity index (χ4v) is 5.81. The lowest BCUT2D eigenvalue weighted by Crippen LogP contribution is -2.34. The van der Waals surface area contributed by atoms with E-state index in [1.54, 1.807) is 28.6 Å². The van der Waals surface area contributed by atoms with Gasteiger partial charge in [-0.25, -0.2) is 8.42 Å². The fraction of sp³-hybridized carbons (Fsp3) is 0.444. The zero-order valence-electron chi connectivity index (χ0n) is 21.0. The predicted molar refractivity (Wildman–Crippen MR) is 148 cm³/mol. The van der Waals surface area contributed by atoms with E-state index in [0.29, 0.717) is 31.8 Å². The topological polar surface area (TPSA) is 105 Å². The lowest BCUT2D eigenvalue weighted by atomic mass is 10.1. The van der Waals surface area contributed by atoms with Gasteiger partial charge in [0.25, 0.3) is 0 Å². The van der Waals surface area contributed by atoms with Crippen LogP contribution in [0.15, 0.2) is 59.5 Å². The van der Waals surface area contributed by atoms with Crippen molar-refractivity contribution in [3.63, 3.8) is 0 Å². The lowest BCUT2D eigenvalue weighted by Gasteiger charge is -2.20. The molecule has 0 aromatic heterocycles. The minimum Gasteiger partial charge on any atom is -0.466 e. The van der Waals surface area contributed by atoms with Crippen LogP contribution < -0.4 is 10.6 Å². The highest BCUT2D eigenvalue weighted by molar-refractivity contribution is 7.89. The molecule has 37 heavy (non-hydrogen) atoms. The summed E-state index contributed by atoms with van der Waals surface area (Å²) >= 11 is 5.19. The summed E-state index contributed by atoms with van der Waals surface area (Å²) < 4.78 is 32.6. The van der Waals surface area contributed by atoms with Gasteiger partial charge >= 0.3 is 5.97 Å². The molecule has 0 spiro atoms. The van der Waals surface area contributed by atoms with Crippen molar-refractivity contribution < 1.29 is 22.7 Å². The highest BCUT2D eigenvalue weighted by atomic mass is 32.2. The van der Waals surface area contributed by atoms with Crippen molar-refractivity contribution in [3.8, 4) is 0 Å². The number of anilines is 1. The minimum atomic E-state index is -3.52. The van der Waals surface area contributed by atoms with Crippen LogP contribution >= 0.6 is 12.2 Å². The Hall–Kier alpha value is -2.82. The van der Waals surface area contributed by atoms with Crippen molar-refractivity contribution in [1.82, 2.24) is 9.62 Å². The van der Waals surface area contributed by atoms with Crippen LogP contribution in [0, 0.1) is 0 Å². The van der Waals surface area contributed by atoms with Gasteiger partial charge in [-0.05, 0) is 74.2 Å². The highest BCUT2D eigenvalue weighted by Crippen LogP contribution is 2.21. The summed E-state index contributed by atoms with van der Waals surface area (Å²) in [5.41, 5.74) is 1.77. The third-order valence-electron chi connectivity index (χ3n) is 6.07. The number of hydrogen-bond acceptors (Lipinski definition) is 6. The Balaban J connectivity index is 1.32. The zero-order chi connectivity index (χ0) is 26.5. The predicted octanol–water partition coefficient (Wildman–Crippen LogP) is 4.41. The van der Waals surface area contributed by atoms with Crippen LogP contribution in [0.4, 0.5) is 5.69 Å². The molecule has 1 saturated heterocycles. The summed E-state index contributed by atoms with van der Waals surface area (Å²) in [7, 11) is -3.52. The number of carbonyl (C=O) groups is 2. The molecule has 2 N–H and O–H groups in total. The molecule has 1 amide bonds. The van der Waals surface area contributed by atoms with Gasteiger partial charge in [-0.15, -0.1) is 0 Å². The molecular formula is C27H35N3O5S2. The van der Waals surface area contributed by atoms with Crippen LogP contribution in [0.1, 0.15) is 56.9 Å². The summed E-state index contributed by atoms with van der Waals surface area (Å²) in [6, 6.07) is 16.3. The van der Waals surface area contributed by atoms with E-state index in [0.717, 1.165) is 38.5 Å². The highest BCUT2D eigenvalue weighted by Gasteiger charge is 2.25. The Bertz CT molecular complexity index is 1130. The molecule has 3 rings (SSSR count). The van der Waals surface area contributed by atoms with Gasteiger partial charge in [0.1, 0.15) is 0 Å². The Morgan fingerprint density at radius 2 is 1.57 bits per heavy atom. The van der Waals surface area contributed by atoms with Gasteiger partial charge in [-0.1, -0.05) is 43.2 Å². The largest absolute Gasteiger partial charge is 0.466 e.